The molecule has 9 heteroatoms. The van der Waals surface area contributed by atoms with Crippen LogP contribution in [-0.2, 0) is 32.3 Å². The van der Waals surface area contributed by atoms with E-state index in [0.717, 1.165) is 48.8 Å². The van der Waals surface area contributed by atoms with Gasteiger partial charge < -0.3 is 15.2 Å². The highest BCUT2D eigenvalue weighted by Crippen LogP contribution is 2.32. The molecular weight excluding hydrogens is 564 g/mol. The van der Waals surface area contributed by atoms with Gasteiger partial charge in [-0.15, -0.1) is 0 Å². The van der Waals surface area contributed by atoms with Gasteiger partial charge in [-0.2, -0.15) is 0 Å². The second-order valence-corrected chi connectivity index (χ2v) is 13.9. The van der Waals surface area contributed by atoms with Crippen LogP contribution in [0.4, 0.5) is 0 Å². The fourth-order valence-corrected chi connectivity index (χ4v) is 6.58. The van der Waals surface area contributed by atoms with Crippen molar-refractivity contribution in [2.24, 2.45) is 5.92 Å². The summed E-state index contributed by atoms with van der Waals surface area (Å²) in [7, 11) is -1.65. The summed E-state index contributed by atoms with van der Waals surface area (Å²) >= 11 is 0. The van der Waals surface area contributed by atoms with Gasteiger partial charge in [0.25, 0.3) is 5.91 Å². The van der Waals surface area contributed by atoms with Crippen molar-refractivity contribution < 1.29 is 27.9 Å². The van der Waals surface area contributed by atoms with Gasteiger partial charge in [0.1, 0.15) is 15.9 Å². The second kappa shape index (κ2) is 14.8. The molecule has 0 aliphatic carbocycles. The quantitative estimate of drug-likeness (QED) is 0.272. The molecule has 1 saturated heterocycles. The lowest BCUT2D eigenvalue weighted by atomic mass is 9.93. The van der Waals surface area contributed by atoms with Crippen LogP contribution in [0.1, 0.15) is 46.3 Å². The maximum atomic E-state index is 13.5. The number of nitrogens with zero attached hydrogens (tertiary/aromatic N) is 1. The summed E-state index contributed by atoms with van der Waals surface area (Å²) in [6.07, 6.45) is 4.06. The van der Waals surface area contributed by atoms with Crippen molar-refractivity contribution in [3.8, 4) is 11.1 Å². The van der Waals surface area contributed by atoms with Crippen molar-refractivity contribution in [1.82, 2.24) is 10.2 Å². The van der Waals surface area contributed by atoms with Crippen molar-refractivity contribution in [3.05, 3.63) is 95.1 Å². The zero-order valence-corrected chi connectivity index (χ0v) is 26.0. The van der Waals surface area contributed by atoms with Crippen LogP contribution in [0.25, 0.3) is 11.1 Å². The number of amides is 1. The maximum absolute atomic E-state index is 13.5. The summed E-state index contributed by atoms with van der Waals surface area (Å²) in [5, 5.41) is 12.2. The van der Waals surface area contributed by atoms with Crippen LogP contribution in [0.3, 0.4) is 0 Å². The molecule has 2 N–H and O–H groups in total. The summed E-state index contributed by atoms with van der Waals surface area (Å²) in [4.78, 5) is 27.8. The van der Waals surface area contributed by atoms with Crippen LogP contribution >= 0.6 is 0 Å². The molecule has 1 fully saturated rings. The molecule has 0 radical (unpaired) electrons. The fourth-order valence-electron chi connectivity index (χ4n) is 5.92. The third-order valence-electron chi connectivity index (χ3n) is 8.19. The molecule has 1 aliphatic heterocycles. The number of carboxylic acids is 1. The Kier molecular flexibility index (Phi) is 11.1. The Balaban J connectivity index is 1.56. The van der Waals surface area contributed by atoms with Crippen LogP contribution in [0.2, 0.25) is 0 Å². The summed E-state index contributed by atoms with van der Waals surface area (Å²) in [5.41, 5.74) is 5.32. The molecular formula is C34H42N2O6S. The minimum atomic E-state index is -3.39. The number of hydrogen-bond donors (Lipinski definition) is 2. The van der Waals surface area contributed by atoms with Gasteiger partial charge in [0.05, 0.1) is 12.4 Å². The smallest absolute Gasteiger partial charge is 0.326 e. The lowest BCUT2D eigenvalue weighted by Gasteiger charge is -2.24. The molecule has 3 aromatic rings. The van der Waals surface area contributed by atoms with Gasteiger partial charge in [0.2, 0.25) is 0 Å². The van der Waals surface area contributed by atoms with Gasteiger partial charge in [-0.05, 0) is 78.5 Å². The van der Waals surface area contributed by atoms with E-state index < -0.39 is 27.8 Å². The van der Waals surface area contributed by atoms with Crippen molar-refractivity contribution in [2.45, 2.75) is 51.2 Å². The highest BCUT2D eigenvalue weighted by Gasteiger charge is 2.32. The Bertz CT molecular complexity index is 1510. The molecule has 0 spiro atoms. The van der Waals surface area contributed by atoms with Crippen molar-refractivity contribution >= 4 is 21.7 Å². The van der Waals surface area contributed by atoms with E-state index in [1.807, 2.05) is 49.4 Å². The molecule has 3 atom stereocenters. The number of carbonyl (C=O) groups is 2. The number of ether oxygens (including phenoxy) is 1. The number of carbonyl (C=O) groups excluding carboxylic acids is 1. The highest BCUT2D eigenvalue weighted by molar-refractivity contribution is 7.90. The Morgan fingerprint density at radius 1 is 1.02 bits per heavy atom. The minimum absolute atomic E-state index is 0.209. The predicted octanol–water partition coefficient (Wildman–Crippen LogP) is 4.75. The number of sulfone groups is 1. The molecule has 8 nitrogen and oxygen atoms in total. The molecule has 0 unspecified atom stereocenters. The minimum Gasteiger partial charge on any atom is -0.480 e. The predicted molar refractivity (Wildman–Crippen MR) is 169 cm³/mol. The number of nitrogens with one attached hydrogen (secondary N) is 1. The van der Waals surface area contributed by atoms with E-state index >= 15 is 0 Å². The third-order valence-corrected chi connectivity index (χ3v) is 9.17. The van der Waals surface area contributed by atoms with Gasteiger partial charge in [-0.3, -0.25) is 9.69 Å². The Morgan fingerprint density at radius 2 is 1.74 bits per heavy atom. The first-order valence-corrected chi connectivity index (χ1v) is 16.8. The zero-order chi connectivity index (χ0) is 31.0. The van der Waals surface area contributed by atoms with Crippen molar-refractivity contribution in [2.75, 3.05) is 32.3 Å². The van der Waals surface area contributed by atoms with Crippen LogP contribution in [0, 0.1) is 12.8 Å². The summed E-state index contributed by atoms with van der Waals surface area (Å²) in [6, 6.07) is 23.0. The van der Waals surface area contributed by atoms with Crippen LogP contribution in [-0.4, -0.2) is 74.7 Å². The Morgan fingerprint density at radius 3 is 2.42 bits per heavy atom. The average Bonchev–Trinajstić information content (AvgIpc) is 3.35. The number of benzene rings is 3. The summed E-state index contributed by atoms with van der Waals surface area (Å²) in [5.74, 6) is -1.60. The number of aryl methyl sites for hydroxylation is 2. The van der Waals surface area contributed by atoms with E-state index in [4.69, 9.17) is 4.74 Å². The lowest BCUT2D eigenvalue weighted by molar-refractivity contribution is -0.139. The number of aliphatic carboxylic acids is 1. The molecule has 1 amide bonds. The Labute approximate surface area is 255 Å². The van der Waals surface area contributed by atoms with Gasteiger partial charge >= 0.3 is 5.97 Å². The first-order chi connectivity index (χ1) is 20.5. The average molecular weight is 607 g/mol. The van der Waals surface area contributed by atoms with E-state index in [1.165, 1.54) is 5.56 Å². The van der Waals surface area contributed by atoms with E-state index in [9.17, 15) is 23.1 Å². The van der Waals surface area contributed by atoms with E-state index in [2.05, 4.69) is 34.5 Å². The largest absolute Gasteiger partial charge is 0.480 e. The van der Waals surface area contributed by atoms with E-state index in [-0.39, 0.29) is 12.2 Å². The Hall–Kier alpha value is -3.53. The normalized spacial score (nSPS) is 17.9. The monoisotopic (exact) mass is 606 g/mol. The van der Waals surface area contributed by atoms with Crippen LogP contribution in [0.5, 0.6) is 0 Å². The number of hydrogen-bond acceptors (Lipinski definition) is 6. The molecule has 3 aromatic carbocycles. The summed E-state index contributed by atoms with van der Waals surface area (Å²) < 4.78 is 28.9. The number of rotatable bonds is 14. The molecule has 230 valence electrons. The SMILES string of the molecule is COC[C@H]1C[C@@H](CCc2ccccc2)CN1Cc1ccc(C(=O)N[C@@H](CCS(C)(=O)=O)C(=O)O)c(-c2ccccc2C)c1. The topological polar surface area (TPSA) is 113 Å². The molecule has 0 aromatic heterocycles. The number of likely N-dealkylation sites (tertiary alicyclic amines) is 1. The number of methoxy groups -OCH3 is 1. The van der Waals surface area contributed by atoms with Crippen LogP contribution in [0.15, 0.2) is 72.8 Å². The number of carboxylic acid groups (broad SMARTS) is 1. The first kappa shape index (κ1) is 32.4. The zero-order valence-electron chi connectivity index (χ0n) is 25.2. The highest BCUT2D eigenvalue weighted by atomic mass is 32.2. The van der Waals surface area contributed by atoms with Gasteiger partial charge in [-0.1, -0.05) is 60.7 Å². The maximum Gasteiger partial charge on any atom is 0.326 e. The molecule has 1 heterocycles. The molecule has 43 heavy (non-hydrogen) atoms. The third kappa shape index (κ3) is 9.23. The van der Waals surface area contributed by atoms with Crippen molar-refractivity contribution in [1.29, 1.82) is 0 Å². The van der Waals surface area contributed by atoms with E-state index in [1.54, 1.807) is 13.2 Å². The van der Waals surface area contributed by atoms with Gasteiger partial charge in [-0.25, -0.2) is 13.2 Å². The second-order valence-electron chi connectivity index (χ2n) is 11.6. The lowest BCUT2D eigenvalue weighted by Crippen LogP contribution is -2.42. The molecule has 0 bridgehead atoms. The van der Waals surface area contributed by atoms with Gasteiger partial charge in [0.15, 0.2) is 0 Å². The van der Waals surface area contributed by atoms with Crippen LogP contribution < -0.4 is 5.32 Å². The fraction of sp³-hybridized carbons (Fsp3) is 0.412. The summed E-state index contributed by atoms with van der Waals surface area (Å²) in [6.45, 7) is 4.28. The molecule has 1 aliphatic rings. The van der Waals surface area contributed by atoms with E-state index in [0.29, 0.717) is 36.2 Å². The van der Waals surface area contributed by atoms with Crippen molar-refractivity contribution in [3.63, 3.8) is 0 Å². The first-order valence-electron chi connectivity index (χ1n) is 14.7. The molecule has 4 rings (SSSR count). The standard InChI is InChI=1S/C34H42N2O6S/c1-24-9-7-8-12-29(24)31-20-27(15-16-30(31)33(37)35-32(34(38)39)17-18-43(3,40)41)22-36-21-26(19-28(36)23-42-2)14-13-25-10-5-4-6-11-25/h4-12,15-16,20,26,28,32H,13-14,17-19,21-23H2,1-3H3,(H,35,37)(H,38,39)/t26-,28-,32+/m1/s1. The van der Waals surface area contributed by atoms with Gasteiger partial charge in [0, 0.05) is 38.1 Å². The molecule has 0 saturated carbocycles.